The van der Waals surface area contributed by atoms with Gasteiger partial charge in [0.15, 0.2) is 0 Å². The maximum atomic E-state index is 5.56. The fourth-order valence-corrected chi connectivity index (χ4v) is 1.29. The second kappa shape index (κ2) is 4.36. The summed E-state index contributed by atoms with van der Waals surface area (Å²) in [6, 6.07) is 6.19. The van der Waals surface area contributed by atoms with E-state index in [1.54, 1.807) is 0 Å². The van der Waals surface area contributed by atoms with Gasteiger partial charge in [-0.15, -0.1) is 11.6 Å². The van der Waals surface area contributed by atoms with Gasteiger partial charge in [-0.1, -0.05) is 18.2 Å². The van der Waals surface area contributed by atoms with Crippen molar-refractivity contribution in [2.45, 2.75) is 13.8 Å². The Bertz CT molecular complexity index is 238. The van der Waals surface area contributed by atoms with E-state index in [1.165, 1.54) is 11.1 Å². The third-order valence-electron chi connectivity index (χ3n) is 1.79. The number of rotatable bonds is 3. The average molecular weight is 183 g/mol. The molecule has 65 valence electrons. The number of aryl methyl sites for hydroxylation is 2. The van der Waals surface area contributed by atoms with Crippen LogP contribution in [-0.2, 0) is 0 Å². The van der Waals surface area contributed by atoms with Crippen molar-refractivity contribution < 1.29 is 0 Å². The molecule has 0 saturated carbocycles. The average Bonchev–Trinajstić information content (AvgIpc) is 2.04. The van der Waals surface area contributed by atoms with E-state index in [0.717, 1.165) is 5.69 Å². The minimum absolute atomic E-state index is 0.591. The molecule has 0 heterocycles. The van der Waals surface area contributed by atoms with Crippen molar-refractivity contribution in [3.63, 3.8) is 0 Å². The highest BCUT2D eigenvalue weighted by molar-refractivity contribution is 6.18. The molecule has 0 aromatic heterocycles. The first-order valence-corrected chi connectivity index (χ1v) is 4.59. The van der Waals surface area contributed by atoms with Crippen LogP contribution in [0.4, 0.5) is 5.69 Å². The molecule has 1 aromatic carbocycles. The molecule has 1 nitrogen and oxygen atoms in total. The number of para-hydroxylation sites is 1. The summed E-state index contributed by atoms with van der Waals surface area (Å²) in [5, 5.41) is 4.39. The van der Waals surface area contributed by atoms with Gasteiger partial charge >= 0.3 is 0 Å². The Morgan fingerprint density at radius 2 is 1.83 bits per heavy atom. The molecule has 0 fully saturated rings. The standard InChI is InChI=1S/C10H13ClN/c1-8-4-3-5-9(2)10(8)12-7-6-11/h3-5H,6-7H2,1-2H3. The minimum Gasteiger partial charge on any atom is -0.284 e. The SMILES string of the molecule is Cc1cccc(C)c1[N]CCCl. The van der Waals surface area contributed by atoms with E-state index in [2.05, 4.69) is 31.3 Å². The van der Waals surface area contributed by atoms with Crippen molar-refractivity contribution in [3.05, 3.63) is 29.3 Å². The van der Waals surface area contributed by atoms with Crippen LogP contribution in [0, 0.1) is 13.8 Å². The van der Waals surface area contributed by atoms with Gasteiger partial charge in [0.1, 0.15) is 0 Å². The van der Waals surface area contributed by atoms with Crippen LogP contribution in [0.25, 0.3) is 0 Å². The summed E-state index contributed by atoms with van der Waals surface area (Å²) < 4.78 is 0. The molecule has 0 aliphatic carbocycles. The van der Waals surface area contributed by atoms with Gasteiger partial charge in [-0.2, -0.15) is 0 Å². The summed E-state index contributed by atoms with van der Waals surface area (Å²) in [5.74, 6) is 0.591. The van der Waals surface area contributed by atoms with Crippen LogP contribution < -0.4 is 5.32 Å². The van der Waals surface area contributed by atoms with E-state index in [1.807, 2.05) is 6.07 Å². The van der Waals surface area contributed by atoms with Crippen molar-refractivity contribution in [2.24, 2.45) is 0 Å². The van der Waals surface area contributed by atoms with Gasteiger partial charge < -0.3 is 0 Å². The quantitative estimate of drug-likeness (QED) is 0.639. The zero-order chi connectivity index (χ0) is 8.97. The second-order valence-corrected chi connectivity index (χ2v) is 3.19. The summed E-state index contributed by atoms with van der Waals surface area (Å²) in [4.78, 5) is 0. The number of benzene rings is 1. The molecule has 0 bridgehead atoms. The summed E-state index contributed by atoms with van der Waals surface area (Å²) in [6.45, 7) is 4.84. The lowest BCUT2D eigenvalue weighted by Gasteiger charge is -2.07. The first-order valence-electron chi connectivity index (χ1n) is 4.05. The van der Waals surface area contributed by atoms with Gasteiger partial charge in [0.2, 0.25) is 0 Å². The Hall–Kier alpha value is -0.690. The Balaban J connectivity index is 2.81. The fraction of sp³-hybridized carbons (Fsp3) is 0.400. The molecule has 1 radical (unpaired) electrons. The van der Waals surface area contributed by atoms with Crippen LogP contribution in [0.1, 0.15) is 11.1 Å². The summed E-state index contributed by atoms with van der Waals surface area (Å²) in [5.41, 5.74) is 3.54. The maximum absolute atomic E-state index is 5.56. The smallest absolute Gasteiger partial charge is 0.0633 e. The number of nitrogens with zero attached hydrogens (tertiary/aromatic N) is 1. The molecule has 12 heavy (non-hydrogen) atoms. The third kappa shape index (κ3) is 2.15. The van der Waals surface area contributed by atoms with Gasteiger partial charge in [-0.05, 0) is 25.0 Å². The Morgan fingerprint density at radius 1 is 1.25 bits per heavy atom. The zero-order valence-electron chi connectivity index (χ0n) is 7.47. The van der Waals surface area contributed by atoms with Crippen molar-refractivity contribution in [2.75, 3.05) is 12.4 Å². The number of hydrogen-bond donors (Lipinski definition) is 0. The molecular formula is C10H13ClN. The van der Waals surface area contributed by atoms with Crippen molar-refractivity contribution in [1.29, 1.82) is 0 Å². The first kappa shape index (κ1) is 9.40. The van der Waals surface area contributed by atoms with Gasteiger partial charge in [0.05, 0.1) is 12.2 Å². The molecule has 0 unspecified atom stereocenters. The van der Waals surface area contributed by atoms with Gasteiger partial charge in [0.25, 0.3) is 0 Å². The molecular weight excluding hydrogens is 170 g/mol. The highest BCUT2D eigenvalue weighted by Gasteiger charge is 2.00. The van der Waals surface area contributed by atoms with Crippen LogP contribution >= 0.6 is 11.6 Å². The monoisotopic (exact) mass is 182 g/mol. The molecule has 0 saturated heterocycles. The predicted molar refractivity (Wildman–Crippen MR) is 53.3 cm³/mol. The molecule has 1 rings (SSSR count). The lowest BCUT2D eigenvalue weighted by atomic mass is 10.1. The molecule has 0 spiro atoms. The maximum Gasteiger partial charge on any atom is 0.0633 e. The van der Waals surface area contributed by atoms with Crippen LogP contribution in [0.2, 0.25) is 0 Å². The molecule has 0 aliphatic heterocycles. The molecule has 2 heteroatoms. The van der Waals surface area contributed by atoms with E-state index in [-0.39, 0.29) is 0 Å². The van der Waals surface area contributed by atoms with Gasteiger partial charge in [-0.3, -0.25) is 5.32 Å². The lowest BCUT2D eigenvalue weighted by molar-refractivity contribution is 0.903. The fourth-order valence-electron chi connectivity index (χ4n) is 1.21. The Morgan fingerprint density at radius 3 is 2.33 bits per heavy atom. The number of halogens is 1. The van der Waals surface area contributed by atoms with Crippen molar-refractivity contribution in [3.8, 4) is 0 Å². The highest BCUT2D eigenvalue weighted by atomic mass is 35.5. The van der Waals surface area contributed by atoms with Gasteiger partial charge in [0, 0.05) is 5.88 Å². The van der Waals surface area contributed by atoms with E-state index in [4.69, 9.17) is 11.6 Å². The van der Waals surface area contributed by atoms with Crippen LogP contribution in [0.5, 0.6) is 0 Å². The van der Waals surface area contributed by atoms with E-state index in [0.29, 0.717) is 12.4 Å². The molecule has 1 aromatic rings. The largest absolute Gasteiger partial charge is 0.284 e. The topological polar surface area (TPSA) is 14.1 Å². The predicted octanol–water partition coefficient (Wildman–Crippen LogP) is 2.78. The summed E-state index contributed by atoms with van der Waals surface area (Å²) in [7, 11) is 0. The Labute approximate surface area is 78.7 Å². The minimum atomic E-state index is 0.591. The second-order valence-electron chi connectivity index (χ2n) is 2.81. The van der Waals surface area contributed by atoms with Gasteiger partial charge in [-0.25, -0.2) is 0 Å². The number of hydrogen-bond acceptors (Lipinski definition) is 0. The third-order valence-corrected chi connectivity index (χ3v) is 1.96. The molecule has 0 aliphatic rings. The summed E-state index contributed by atoms with van der Waals surface area (Å²) in [6.07, 6.45) is 0. The lowest BCUT2D eigenvalue weighted by Crippen LogP contribution is -2.04. The zero-order valence-corrected chi connectivity index (χ0v) is 8.23. The number of alkyl halides is 1. The van der Waals surface area contributed by atoms with E-state index in [9.17, 15) is 0 Å². The first-order chi connectivity index (χ1) is 5.75. The van der Waals surface area contributed by atoms with Crippen LogP contribution in [0.15, 0.2) is 18.2 Å². The highest BCUT2D eigenvalue weighted by Crippen LogP contribution is 2.18. The normalized spacial score (nSPS) is 9.92. The van der Waals surface area contributed by atoms with E-state index < -0.39 is 0 Å². The Kier molecular flexibility index (Phi) is 3.42. The van der Waals surface area contributed by atoms with Crippen molar-refractivity contribution >= 4 is 17.3 Å². The molecule has 0 amide bonds. The molecule has 0 atom stereocenters. The van der Waals surface area contributed by atoms with Crippen LogP contribution in [-0.4, -0.2) is 12.4 Å². The summed E-state index contributed by atoms with van der Waals surface area (Å²) >= 11 is 5.56. The van der Waals surface area contributed by atoms with E-state index >= 15 is 0 Å². The van der Waals surface area contributed by atoms with Crippen LogP contribution in [0.3, 0.4) is 0 Å². The van der Waals surface area contributed by atoms with Crippen molar-refractivity contribution in [1.82, 2.24) is 5.32 Å². The molecule has 0 N–H and O–H groups in total.